The zero-order valence-corrected chi connectivity index (χ0v) is 6.72. The van der Waals surface area contributed by atoms with Gasteiger partial charge in [0.2, 0.25) is 6.85 Å². The van der Waals surface area contributed by atoms with Gasteiger partial charge in [0.25, 0.3) is 0 Å². The van der Waals surface area contributed by atoms with Gasteiger partial charge in [0.15, 0.2) is 0 Å². The monoisotopic (exact) mass is 125 g/mol. The molecule has 0 aliphatic carbocycles. The van der Waals surface area contributed by atoms with Gasteiger partial charge in [-0.2, -0.15) is 0 Å². The van der Waals surface area contributed by atoms with Crippen molar-refractivity contribution in [1.82, 2.24) is 4.81 Å². The van der Waals surface area contributed by atoms with Gasteiger partial charge in [-0.25, -0.2) is 0 Å². The van der Waals surface area contributed by atoms with Crippen molar-refractivity contribution < 1.29 is 0 Å². The normalized spacial score (nSPS) is 22.0. The molecule has 0 N–H and O–H groups in total. The summed E-state index contributed by atoms with van der Waals surface area (Å²) in [6.07, 6.45) is 2.81. The molecule has 1 aliphatic rings. The minimum atomic E-state index is 0.845. The van der Waals surface area contributed by atoms with Gasteiger partial charge in [-0.15, -0.1) is 0 Å². The summed E-state index contributed by atoms with van der Waals surface area (Å²) in [5, 5.41) is 0. The van der Waals surface area contributed by atoms with Gasteiger partial charge in [0, 0.05) is 0 Å². The van der Waals surface area contributed by atoms with Crippen molar-refractivity contribution in [2.75, 3.05) is 13.6 Å². The number of hydrogen-bond donors (Lipinski definition) is 0. The van der Waals surface area contributed by atoms with Crippen LogP contribution in [0, 0.1) is 0 Å². The average molecular weight is 125 g/mol. The molecule has 1 rings (SSSR count). The molecule has 2 heteroatoms. The van der Waals surface area contributed by atoms with Gasteiger partial charge in [-0.3, -0.25) is 0 Å². The molecular formula is C7H16BN. The molecular weight excluding hydrogens is 109 g/mol. The SMILES string of the molecule is CC(C)B1CCCN1C. The summed E-state index contributed by atoms with van der Waals surface area (Å²) in [5.74, 6) is 0.845. The van der Waals surface area contributed by atoms with Crippen LogP contribution in [0.25, 0.3) is 0 Å². The zero-order valence-electron chi connectivity index (χ0n) is 6.72. The maximum atomic E-state index is 2.48. The zero-order chi connectivity index (χ0) is 6.85. The van der Waals surface area contributed by atoms with Crippen LogP contribution < -0.4 is 0 Å². The van der Waals surface area contributed by atoms with E-state index >= 15 is 0 Å². The van der Waals surface area contributed by atoms with Gasteiger partial charge in [-0.1, -0.05) is 26.0 Å². The van der Waals surface area contributed by atoms with E-state index in [0.29, 0.717) is 0 Å². The van der Waals surface area contributed by atoms with E-state index in [1.807, 2.05) is 0 Å². The molecule has 0 aromatic heterocycles. The summed E-state index contributed by atoms with van der Waals surface area (Å²) in [6, 6.07) is 0. The molecule has 0 aromatic carbocycles. The Bertz CT molecular complexity index is 92.9. The van der Waals surface area contributed by atoms with E-state index in [4.69, 9.17) is 0 Å². The molecule has 1 aliphatic heterocycles. The molecule has 0 amide bonds. The molecule has 0 bridgehead atoms. The first kappa shape index (κ1) is 7.14. The Morgan fingerprint density at radius 1 is 1.44 bits per heavy atom. The van der Waals surface area contributed by atoms with Crippen molar-refractivity contribution in [3.63, 3.8) is 0 Å². The van der Waals surface area contributed by atoms with Crippen molar-refractivity contribution in [2.45, 2.75) is 32.4 Å². The molecule has 1 nitrogen and oxygen atoms in total. The minimum Gasteiger partial charge on any atom is -0.344 e. The second-order valence-corrected chi connectivity index (χ2v) is 3.43. The highest BCUT2D eigenvalue weighted by atomic mass is 15.0. The van der Waals surface area contributed by atoms with Crippen molar-refractivity contribution >= 4 is 6.85 Å². The van der Waals surface area contributed by atoms with Gasteiger partial charge in [-0.05, 0) is 20.0 Å². The summed E-state index contributed by atoms with van der Waals surface area (Å²) < 4.78 is 0. The third-order valence-corrected chi connectivity index (χ3v) is 2.35. The molecule has 0 radical (unpaired) electrons. The first-order chi connectivity index (χ1) is 4.22. The molecule has 1 fully saturated rings. The van der Waals surface area contributed by atoms with Gasteiger partial charge >= 0.3 is 0 Å². The second kappa shape index (κ2) is 2.74. The average Bonchev–Trinajstić information content (AvgIpc) is 2.13. The van der Waals surface area contributed by atoms with Crippen LogP contribution in [-0.4, -0.2) is 25.3 Å². The van der Waals surface area contributed by atoms with E-state index in [2.05, 4.69) is 25.7 Å². The van der Waals surface area contributed by atoms with Crippen molar-refractivity contribution in [3.05, 3.63) is 0 Å². The van der Waals surface area contributed by atoms with Crippen LogP contribution >= 0.6 is 0 Å². The first-order valence-electron chi connectivity index (χ1n) is 3.92. The van der Waals surface area contributed by atoms with Gasteiger partial charge < -0.3 is 4.81 Å². The Morgan fingerprint density at radius 2 is 2.11 bits per heavy atom. The lowest BCUT2D eigenvalue weighted by atomic mass is 9.51. The van der Waals surface area contributed by atoms with E-state index in [1.165, 1.54) is 19.3 Å². The fraction of sp³-hybridized carbons (Fsp3) is 1.00. The Hall–Kier alpha value is 0.0249. The largest absolute Gasteiger partial charge is 0.344 e. The number of nitrogens with zero attached hydrogens (tertiary/aromatic N) is 1. The summed E-state index contributed by atoms with van der Waals surface area (Å²) in [4.78, 5) is 2.48. The predicted molar refractivity (Wildman–Crippen MR) is 42.9 cm³/mol. The highest BCUT2D eigenvalue weighted by Crippen LogP contribution is 2.22. The molecule has 1 heterocycles. The lowest BCUT2D eigenvalue weighted by molar-refractivity contribution is 0.555. The predicted octanol–water partition coefficient (Wildman–Crippen LogP) is 1.72. The highest BCUT2D eigenvalue weighted by Gasteiger charge is 2.27. The molecule has 0 atom stereocenters. The summed E-state index contributed by atoms with van der Waals surface area (Å²) >= 11 is 0. The third kappa shape index (κ3) is 1.48. The highest BCUT2D eigenvalue weighted by molar-refractivity contribution is 6.57. The van der Waals surface area contributed by atoms with Crippen LogP contribution in [0.15, 0.2) is 0 Å². The summed E-state index contributed by atoms with van der Waals surface area (Å²) in [7, 11) is 2.23. The van der Waals surface area contributed by atoms with E-state index in [-0.39, 0.29) is 0 Å². The maximum absolute atomic E-state index is 2.48. The topological polar surface area (TPSA) is 3.24 Å². The van der Waals surface area contributed by atoms with Gasteiger partial charge in [0.05, 0.1) is 0 Å². The third-order valence-electron chi connectivity index (χ3n) is 2.35. The molecule has 0 aromatic rings. The lowest BCUT2D eigenvalue weighted by Crippen LogP contribution is -2.31. The van der Waals surface area contributed by atoms with Crippen LogP contribution in [0.4, 0.5) is 0 Å². The Balaban J connectivity index is 2.40. The Morgan fingerprint density at radius 3 is 2.33 bits per heavy atom. The smallest absolute Gasteiger partial charge is 0.225 e. The van der Waals surface area contributed by atoms with Crippen molar-refractivity contribution in [1.29, 1.82) is 0 Å². The minimum absolute atomic E-state index is 0.845. The van der Waals surface area contributed by atoms with E-state index in [0.717, 1.165) is 12.7 Å². The van der Waals surface area contributed by atoms with Crippen LogP contribution in [0.2, 0.25) is 12.1 Å². The quantitative estimate of drug-likeness (QED) is 0.482. The first-order valence-corrected chi connectivity index (χ1v) is 3.92. The van der Waals surface area contributed by atoms with Crippen molar-refractivity contribution in [3.8, 4) is 0 Å². The molecule has 0 saturated carbocycles. The fourth-order valence-electron chi connectivity index (χ4n) is 1.78. The fourth-order valence-corrected chi connectivity index (χ4v) is 1.78. The van der Waals surface area contributed by atoms with Crippen molar-refractivity contribution in [2.24, 2.45) is 0 Å². The standard InChI is InChI=1S/C7H16BN/c1-7(2)8-5-4-6-9(8)3/h7H,4-6H2,1-3H3. The Labute approximate surface area is 58.5 Å². The lowest BCUT2D eigenvalue weighted by Gasteiger charge is -2.18. The second-order valence-electron chi connectivity index (χ2n) is 3.43. The molecule has 0 spiro atoms. The molecule has 9 heavy (non-hydrogen) atoms. The number of rotatable bonds is 1. The van der Waals surface area contributed by atoms with Gasteiger partial charge in [0.1, 0.15) is 0 Å². The van der Waals surface area contributed by atoms with E-state index < -0.39 is 0 Å². The van der Waals surface area contributed by atoms with Crippen LogP contribution in [0.1, 0.15) is 20.3 Å². The van der Waals surface area contributed by atoms with Crippen LogP contribution in [0.3, 0.4) is 0 Å². The molecule has 52 valence electrons. The summed E-state index contributed by atoms with van der Waals surface area (Å²) in [6.45, 7) is 6.80. The maximum Gasteiger partial charge on any atom is 0.225 e. The molecule has 1 saturated heterocycles. The van der Waals surface area contributed by atoms with E-state index in [1.54, 1.807) is 0 Å². The Kier molecular flexibility index (Phi) is 2.17. The van der Waals surface area contributed by atoms with E-state index in [9.17, 15) is 0 Å². The summed E-state index contributed by atoms with van der Waals surface area (Å²) in [5.41, 5.74) is 0. The van der Waals surface area contributed by atoms with Crippen LogP contribution in [0.5, 0.6) is 0 Å². The number of hydrogen-bond acceptors (Lipinski definition) is 1. The molecule has 0 unspecified atom stereocenters. The van der Waals surface area contributed by atoms with Crippen LogP contribution in [-0.2, 0) is 0 Å².